The summed E-state index contributed by atoms with van der Waals surface area (Å²) in [6.45, 7) is 0.550. The van der Waals surface area contributed by atoms with Crippen LogP contribution in [0.4, 0.5) is 10.2 Å². The first-order valence-electron chi connectivity index (χ1n) is 14.5. The van der Waals surface area contributed by atoms with Crippen molar-refractivity contribution in [3.63, 3.8) is 0 Å². The van der Waals surface area contributed by atoms with Gasteiger partial charge >= 0.3 is 19.4 Å². The lowest BCUT2D eigenvalue weighted by atomic mass is 10.1. The van der Waals surface area contributed by atoms with E-state index in [1.54, 1.807) is 42.5 Å². The van der Waals surface area contributed by atoms with Crippen LogP contribution in [0.15, 0.2) is 102 Å². The summed E-state index contributed by atoms with van der Waals surface area (Å²) in [7, 11) is -4.27. The van der Waals surface area contributed by atoms with Crippen molar-refractivity contribution in [2.75, 3.05) is 11.9 Å². The zero-order chi connectivity index (χ0) is 33.8. The minimum Gasteiger partial charge on any atom is -0.460 e. The van der Waals surface area contributed by atoms with E-state index in [0.29, 0.717) is 5.56 Å². The molecule has 1 heterocycles. The van der Waals surface area contributed by atoms with Gasteiger partial charge in [0.25, 0.3) is 0 Å². The minimum absolute atomic E-state index is 0.00314. The summed E-state index contributed by atoms with van der Waals surface area (Å²) in [6, 6.07) is 21.9. The molecular weight excluding hydrogens is 632 g/mol. The average molecular weight is 668 g/mol. The molecule has 4 rings (SSSR count). The number of carbonyl (C=O) groups excluding carboxylic acids is 2. The van der Waals surface area contributed by atoms with Gasteiger partial charge in [-0.2, -0.15) is 10.1 Å². The van der Waals surface area contributed by atoms with E-state index in [9.17, 15) is 28.4 Å². The monoisotopic (exact) mass is 667 g/mol. The molecule has 0 saturated heterocycles. The number of aliphatic hydroxyl groups is 1. The van der Waals surface area contributed by atoms with Gasteiger partial charge in [-0.1, -0.05) is 60.7 Å². The molecule has 0 aliphatic carbocycles. The Hall–Kier alpha value is -4.72. The molecule has 248 valence electrons. The summed E-state index contributed by atoms with van der Waals surface area (Å²) in [5, 5.41) is 15.6. The predicted octanol–water partition coefficient (Wildman–Crippen LogP) is 3.18. The molecule has 13 nitrogen and oxygen atoms in total. The number of nitrogens with zero attached hydrogens (tertiary/aromatic N) is 2. The quantitative estimate of drug-likeness (QED) is 0.102. The number of amides is 1. The summed E-state index contributed by atoms with van der Waals surface area (Å²) in [5.74, 6) is -1.61. The molecule has 1 amide bonds. The fraction of sp³-hybridized carbons (Fsp3) is 0.250. The Morgan fingerprint density at radius 3 is 2.32 bits per heavy atom. The molecule has 0 saturated carbocycles. The largest absolute Gasteiger partial charge is 0.460 e. The number of aromatic nitrogens is 2. The van der Waals surface area contributed by atoms with Crippen LogP contribution in [-0.4, -0.2) is 51.3 Å². The Bertz CT molecular complexity index is 1730. The summed E-state index contributed by atoms with van der Waals surface area (Å²) >= 11 is 0. The van der Waals surface area contributed by atoms with E-state index in [2.05, 4.69) is 15.4 Å². The molecule has 3 unspecified atom stereocenters. The number of aliphatic hydroxyl groups excluding tert-OH is 1. The van der Waals surface area contributed by atoms with E-state index in [-0.39, 0.29) is 31.1 Å². The molecule has 15 heteroatoms. The number of anilines is 1. The molecule has 0 spiro atoms. The van der Waals surface area contributed by atoms with Gasteiger partial charge in [0, 0.05) is 6.20 Å². The first-order valence-corrected chi connectivity index (χ1v) is 16.1. The molecule has 0 fully saturated rings. The summed E-state index contributed by atoms with van der Waals surface area (Å²) in [4.78, 5) is 41.6. The van der Waals surface area contributed by atoms with Crippen LogP contribution in [0, 0.1) is 5.82 Å². The fourth-order valence-corrected chi connectivity index (χ4v) is 5.67. The number of carbonyl (C=O) groups is 2. The second-order valence-electron chi connectivity index (χ2n) is 10.5. The van der Waals surface area contributed by atoms with Crippen LogP contribution < -0.4 is 26.4 Å². The molecule has 0 aliphatic rings. The number of hydrogen-bond donors (Lipinski definition) is 4. The highest BCUT2D eigenvalue weighted by atomic mass is 31.2. The van der Waals surface area contributed by atoms with Gasteiger partial charge in [0.2, 0.25) is 5.91 Å². The number of halogens is 1. The van der Waals surface area contributed by atoms with Crippen LogP contribution in [0.1, 0.15) is 18.1 Å². The van der Waals surface area contributed by atoms with Gasteiger partial charge in [0.1, 0.15) is 30.0 Å². The minimum atomic E-state index is -4.27. The van der Waals surface area contributed by atoms with Crippen molar-refractivity contribution < 1.29 is 37.4 Å². The number of ether oxygens (including phenoxy) is 1. The maximum atomic E-state index is 13.7. The number of benzene rings is 3. The van der Waals surface area contributed by atoms with Gasteiger partial charge in [-0.25, -0.2) is 13.8 Å². The van der Waals surface area contributed by atoms with Gasteiger partial charge in [-0.05, 0) is 54.8 Å². The van der Waals surface area contributed by atoms with Crippen LogP contribution in [0.3, 0.4) is 0 Å². The molecule has 5 N–H and O–H groups in total. The lowest BCUT2D eigenvalue weighted by Gasteiger charge is -2.24. The smallest absolute Gasteiger partial charge is 0.459 e. The number of para-hydroxylation sites is 1. The molecule has 1 aromatic heterocycles. The third kappa shape index (κ3) is 11.2. The molecule has 0 radical (unpaired) electrons. The van der Waals surface area contributed by atoms with Crippen molar-refractivity contribution in [1.82, 2.24) is 14.6 Å². The first-order chi connectivity index (χ1) is 22.5. The first kappa shape index (κ1) is 35.1. The highest BCUT2D eigenvalue weighted by Gasteiger charge is 2.33. The standard InChI is InChI=1S/C32H35FN5O8P/c1-22(31(41)44-20-24-8-4-2-5-9-24)37-47(43,46-27-10-6-3-7-11-27)45-21-26(39)19-38-17-16-29(36-32(38)42)35-30(40)28(34)18-23-12-14-25(33)15-13-23/h2-17,22,26,28,39H,18-21,34H2,1H3,(H,37,43)(H,35,36,40,42)/t22?,26-,28?,47?/m0/s1. The van der Waals surface area contributed by atoms with Crippen molar-refractivity contribution in [1.29, 1.82) is 0 Å². The maximum absolute atomic E-state index is 13.7. The second kappa shape index (κ2) is 16.7. The number of nitrogens with one attached hydrogen (secondary N) is 2. The van der Waals surface area contributed by atoms with Crippen LogP contribution in [0.2, 0.25) is 0 Å². The van der Waals surface area contributed by atoms with E-state index in [1.807, 2.05) is 6.07 Å². The SMILES string of the molecule is CC(NP(=O)(OC[C@@H](O)Cn1ccc(NC(=O)C(N)Cc2ccc(F)cc2)nc1=O)Oc1ccccc1)C(=O)OCc1ccccc1. The Balaban J connectivity index is 1.33. The van der Waals surface area contributed by atoms with Crippen molar-refractivity contribution in [2.24, 2.45) is 5.73 Å². The molecule has 0 aliphatic heterocycles. The summed E-state index contributed by atoms with van der Waals surface area (Å²) < 4.78 is 44.3. The highest BCUT2D eigenvalue weighted by molar-refractivity contribution is 7.52. The zero-order valence-electron chi connectivity index (χ0n) is 25.4. The lowest BCUT2D eigenvalue weighted by molar-refractivity contribution is -0.146. The van der Waals surface area contributed by atoms with Crippen molar-refractivity contribution >= 4 is 25.4 Å². The van der Waals surface area contributed by atoms with Crippen molar-refractivity contribution in [3.8, 4) is 5.75 Å². The fourth-order valence-electron chi connectivity index (χ4n) is 4.14. The van der Waals surface area contributed by atoms with Gasteiger partial charge in [-0.3, -0.25) is 18.7 Å². The average Bonchev–Trinajstić information content (AvgIpc) is 3.06. The number of nitrogens with two attached hydrogens (primary N) is 1. The van der Waals surface area contributed by atoms with E-state index in [4.69, 9.17) is 19.5 Å². The molecular formula is C32H35FN5O8P. The summed E-state index contributed by atoms with van der Waals surface area (Å²) in [5.41, 5.74) is 6.56. The third-order valence-corrected chi connectivity index (χ3v) is 8.22. The van der Waals surface area contributed by atoms with E-state index in [0.717, 1.165) is 10.1 Å². The second-order valence-corrected chi connectivity index (χ2v) is 12.2. The van der Waals surface area contributed by atoms with Crippen LogP contribution in [0.5, 0.6) is 5.75 Å². The van der Waals surface area contributed by atoms with Gasteiger partial charge in [-0.15, -0.1) is 0 Å². The molecule has 0 bridgehead atoms. The predicted molar refractivity (Wildman–Crippen MR) is 171 cm³/mol. The molecule has 47 heavy (non-hydrogen) atoms. The highest BCUT2D eigenvalue weighted by Crippen LogP contribution is 2.45. The zero-order valence-corrected chi connectivity index (χ0v) is 26.3. The number of rotatable bonds is 16. The topological polar surface area (TPSA) is 184 Å². The van der Waals surface area contributed by atoms with Crippen LogP contribution in [-0.2, 0) is 43.0 Å². The molecule has 4 atom stereocenters. The number of esters is 1. The summed E-state index contributed by atoms with van der Waals surface area (Å²) in [6.07, 6.45) is 0.0623. The Morgan fingerprint density at radius 1 is 1.00 bits per heavy atom. The van der Waals surface area contributed by atoms with Gasteiger partial charge < -0.3 is 25.4 Å². The van der Waals surface area contributed by atoms with Gasteiger partial charge in [0.05, 0.1) is 25.3 Å². The maximum Gasteiger partial charge on any atom is 0.459 e. The molecule has 3 aromatic carbocycles. The van der Waals surface area contributed by atoms with Crippen LogP contribution >= 0.6 is 7.75 Å². The van der Waals surface area contributed by atoms with E-state index < -0.39 is 55.9 Å². The van der Waals surface area contributed by atoms with Crippen LogP contribution in [0.25, 0.3) is 0 Å². The normalized spacial score (nSPS) is 14.3. The van der Waals surface area contributed by atoms with Crippen molar-refractivity contribution in [2.45, 2.75) is 44.7 Å². The van der Waals surface area contributed by atoms with Gasteiger partial charge in [0.15, 0.2) is 0 Å². The molecule has 4 aromatic rings. The Labute approximate surface area is 270 Å². The number of hydrogen-bond acceptors (Lipinski definition) is 10. The Kier molecular flexibility index (Phi) is 12.5. The van der Waals surface area contributed by atoms with E-state index in [1.165, 1.54) is 55.6 Å². The Morgan fingerprint density at radius 2 is 1.66 bits per heavy atom. The lowest BCUT2D eigenvalue weighted by Crippen LogP contribution is -2.38. The third-order valence-electron chi connectivity index (χ3n) is 6.57. The van der Waals surface area contributed by atoms with Crippen molar-refractivity contribution in [3.05, 3.63) is 125 Å². The van der Waals surface area contributed by atoms with E-state index >= 15 is 0 Å².